The second kappa shape index (κ2) is 8.34. The van der Waals surface area contributed by atoms with Crippen molar-refractivity contribution in [2.75, 3.05) is 0 Å². The molecule has 2 aromatic carbocycles. The number of hydrogen-bond acceptors (Lipinski definition) is 3. The standard InChI is InChI=1S/C25H29IO3/c1-24(2,3)18-9-13-20(14-10-18)26(29-23(27)22-8-7-17-28-22)21-15-11-19(12-16-21)25(4,5)6/h7-17H,1-6H3. The van der Waals surface area contributed by atoms with Crippen molar-refractivity contribution < 1.29 is 12.3 Å². The molecule has 0 saturated heterocycles. The molecule has 0 N–H and O–H groups in total. The van der Waals surface area contributed by atoms with Crippen LogP contribution in [0.3, 0.4) is 0 Å². The Morgan fingerprint density at radius 1 is 0.759 bits per heavy atom. The summed E-state index contributed by atoms with van der Waals surface area (Å²) in [4.78, 5) is 12.6. The second-order valence-electron chi connectivity index (χ2n) is 9.10. The predicted molar refractivity (Wildman–Crippen MR) is 126 cm³/mol. The summed E-state index contributed by atoms with van der Waals surface area (Å²) in [5.74, 6) is -0.162. The summed E-state index contributed by atoms with van der Waals surface area (Å²) in [7, 11) is 0. The molecule has 3 rings (SSSR count). The van der Waals surface area contributed by atoms with E-state index < -0.39 is 26.2 Å². The van der Waals surface area contributed by atoms with Crippen LogP contribution in [0.4, 0.5) is 0 Å². The van der Waals surface area contributed by atoms with Gasteiger partial charge < -0.3 is 0 Å². The Labute approximate surface area is 181 Å². The van der Waals surface area contributed by atoms with E-state index in [-0.39, 0.29) is 16.6 Å². The van der Waals surface area contributed by atoms with Gasteiger partial charge in [0, 0.05) is 0 Å². The fourth-order valence-electron chi connectivity index (χ4n) is 2.85. The van der Waals surface area contributed by atoms with Crippen molar-refractivity contribution in [2.24, 2.45) is 0 Å². The van der Waals surface area contributed by atoms with Crippen molar-refractivity contribution in [3.63, 3.8) is 0 Å². The second-order valence-corrected chi connectivity index (χ2v) is 13.5. The first-order chi connectivity index (χ1) is 13.6. The summed E-state index contributed by atoms with van der Waals surface area (Å²) in [6, 6.07) is 20.4. The molecule has 0 bridgehead atoms. The third kappa shape index (κ3) is 5.30. The topological polar surface area (TPSA) is 39.4 Å². The van der Waals surface area contributed by atoms with Gasteiger partial charge in [-0.15, -0.1) is 0 Å². The van der Waals surface area contributed by atoms with Gasteiger partial charge in [0.2, 0.25) is 0 Å². The zero-order valence-electron chi connectivity index (χ0n) is 18.0. The van der Waals surface area contributed by atoms with E-state index in [4.69, 9.17) is 7.48 Å². The number of carbonyl (C=O) groups is 1. The zero-order valence-corrected chi connectivity index (χ0v) is 20.1. The number of hydrogen-bond donors (Lipinski definition) is 0. The van der Waals surface area contributed by atoms with Crippen LogP contribution in [0, 0.1) is 7.14 Å². The van der Waals surface area contributed by atoms with Crippen molar-refractivity contribution in [1.29, 1.82) is 0 Å². The monoisotopic (exact) mass is 504 g/mol. The van der Waals surface area contributed by atoms with Crippen LogP contribution in [0.25, 0.3) is 0 Å². The molecular formula is C25H29IO3. The Morgan fingerprint density at radius 2 is 1.21 bits per heavy atom. The van der Waals surface area contributed by atoms with Gasteiger partial charge in [-0.3, -0.25) is 0 Å². The van der Waals surface area contributed by atoms with Crippen LogP contribution in [-0.2, 0) is 13.9 Å². The van der Waals surface area contributed by atoms with Crippen molar-refractivity contribution in [2.45, 2.75) is 52.4 Å². The van der Waals surface area contributed by atoms with Crippen molar-refractivity contribution in [3.8, 4) is 0 Å². The third-order valence-electron chi connectivity index (χ3n) is 4.69. The molecular weight excluding hydrogens is 475 g/mol. The Balaban J connectivity index is 1.96. The van der Waals surface area contributed by atoms with E-state index in [9.17, 15) is 4.79 Å². The summed E-state index contributed by atoms with van der Waals surface area (Å²) < 4.78 is 13.5. The van der Waals surface area contributed by atoms with E-state index in [0.29, 0.717) is 0 Å². The number of halogens is 1. The quantitative estimate of drug-likeness (QED) is 0.353. The first-order valence-corrected chi connectivity index (χ1v) is 12.8. The van der Waals surface area contributed by atoms with Crippen LogP contribution in [0.5, 0.6) is 0 Å². The molecule has 29 heavy (non-hydrogen) atoms. The predicted octanol–water partition coefficient (Wildman–Crippen LogP) is 7.19. The Kier molecular flexibility index (Phi) is 6.22. The summed E-state index contributed by atoms with van der Waals surface area (Å²) in [6.07, 6.45) is 1.49. The van der Waals surface area contributed by atoms with Gasteiger partial charge in [0.1, 0.15) is 0 Å². The molecule has 0 aliphatic rings. The Bertz CT molecular complexity index is 884. The van der Waals surface area contributed by atoms with Gasteiger partial charge in [0.25, 0.3) is 0 Å². The maximum absolute atomic E-state index is 12.6. The fourth-order valence-corrected chi connectivity index (χ4v) is 6.72. The molecule has 3 aromatic rings. The van der Waals surface area contributed by atoms with Crippen molar-refractivity contribution >= 4 is 26.2 Å². The molecule has 0 spiro atoms. The minimum absolute atomic E-state index is 0.0801. The maximum atomic E-state index is 12.6. The molecule has 154 valence electrons. The van der Waals surface area contributed by atoms with Gasteiger partial charge in [-0.05, 0) is 0 Å². The third-order valence-corrected chi connectivity index (χ3v) is 9.23. The molecule has 0 atom stereocenters. The van der Waals surface area contributed by atoms with E-state index in [2.05, 4.69) is 90.1 Å². The summed E-state index contributed by atoms with van der Waals surface area (Å²) in [5.41, 5.74) is 2.68. The summed E-state index contributed by atoms with van der Waals surface area (Å²) in [6.45, 7) is 13.2. The first kappa shape index (κ1) is 21.6. The molecule has 0 aliphatic carbocycles. The SMILES string of the molecule is CC(C)(C)c1ccc(I(OC(=O)c2ccco2)c2ccc(C(C)(C)C)cc2)cc1. The van der Waals surface area contributed by atoms with Crippen LogP contribution in [-0.4, -0.2) is 5.97 Å². The molecule has 0 radical (unpaired) electrons. The van der Waals surface area contributed by atoms with Gasteiger partial charge in [-0.1, -0.05) is 0 Å². The van der Waals surface area contributed by atoms with Gasteiger partial charge >= 0.3 is 182 Å². The minimum atomic E-state index is -2.43. The number of benzene rings is 2. The average Bonchev–Trinajstić information content (AvgIpc) is 3.20. The number of furan rings is 1. The molecule has 0 aliphatic heterocycles. The van der Waals surface area contributed by atoms with Crippen LogP contribution in [0.1, 0.15) is 63.2 Å². The van der Waals surface area contributed by atoms with Gasteiger partial charge in [0.15, 0.2) is 0 Å². The van der Waals surface area contributed by atoms with E-state index in [1.54, 1.807) is 12.1 Å². The molecule has 0 fully saturated rings. The van der Waals surface area contributed by atoms with E-state index >= 15 is 0 Å². The van der Waals surface area contributed by atoms with Crippen LogP contribution >= 0.6 is 20.2 Å². The van der Waals surface area contributed by atoms with Gasteiger partial charge in [-0.2, -0.15) is 0 Å². The molecule has 0 saturated carbocycles. The van der Waals surface area contributed by atoms with Crippen LogP contribution in [0.2, 0.25) is 0 Å². The van der Waals surface area contributed by atoms with E-state index in [1.807, 2.05) is 0 Å². The summed E-state index contributed by atoms with van der Waals surface area (Å²) in [5, 5.41) is 0. The van der Waals surface area contributed by atoms with Crippen molar-refractivity contribution in [1.82, 2.24) is 0 Å². The Hall–Kier alpha value is -2.08. The zero-order chi connectivity index (χ0) is 21.2. The molecule has 0 unspecified atom stereocenters. The normalized spacial score (nSPS) is 12.6. The van der Waals surface area contributed by atoms with Gasteiger partial charge in [0.05, 0.1) is 0 Å². The average molecular weight is 504 g/mol. The first-order valence-electron chi connectivity index (χ1n) is 9.73. The molecule has 1 aromatic heterocycles. The van der Waals surface area contributed by atoms with Gasteiger partial charge in [-0.25, -0.2) is 0 Å². The molecule has 3 nitrogen and oxygen atoms in total. The number of carbonyl (C=O) groups excluding carboxylic acids is 1. The van der Waals surface area contributed by atoms with Crippen molar-refractivity contribution in [3.05, 3.63) is 91.0 Å². The molecule has 1 heterocycles. The molecule has 0 amide bonds. The molecule has 4 heteroatoms. The Morgan fingerprint density at radius 3 is 1.55 bits per heavy atom. The van der Waals surface area contributed by atoms with Crippen LogP contribution in [0.15, 0.2) is 71.3 Å². The summed E-state index contributed by atoms with van der Waals surface area (Å²) >= 11 is -2.43. The fraction of sp³-hybridized carbons (Fsp3) is 0.320. The van der Waals surface area contributed by atoms with E-state index in [0.717, 1.165) is 7.14 Å². The number of rotatable bonds is 4. The van der Waals surface area contributed by atoms with Crippen LogP contribution < -0.4 is 0 Å². The van der Waals surface area contributed by atoms with E-state index in [1.165, 1.54) is 17.4 Å².